The molecule has 1 aliphatic carbocycles. The van der Waals surface area contributed by atoms with Crippen LogP contribution in [-0.4, -0.2) is 26.4 Å². The molecule has 0 saturated carbocycles. The molecular formula is C12H17NO4. The Morgan fingerprint density at radius 2 is 1.82 bits per heavy atom. The molecule has 0 bridgehead atoms. The highest BCUT2D eigenvalue weighted by Gasteiger charge is 2.34. The van der Waals surface area contributed by atoms with Crippen molar-refractivity contribution in [1.82, 2.24) is 0 Å². The molecule has 1 aromatic carbocycles. The van der Waals surface area contributed by atoms with Crippen molar-refractivity contribution >= 4 is 0 Å². The van der Waals surface area contributed by atoms with Crippen LogP contribution in [0.5, 0.6) is 17.2 Å². The van der Waals surface area contributed by atoms with E-state index in [9.17, 15) is 5.11 Å². The second kappa shape index (κ2) is 4.43. The highest BCUT2D eigenvalue weighted by Crippen LogP contribution is 2.50. The first-order chi connectivity index (χ1) is 8.13. The quantitative estimate of drug-likeness (QED) is 0.827. The third-order valence-corrected chi connectivity index (χ3v) is 3.11. The van der Waals surface area contributed by atoms with E-state index in [2.05, 4.69) is 0 Å². The lowest BCUT2D eigenvalue weighted by molar-refractivity contribution is 0.169. The Kier molecular flexibility index (Phi) is 3.13. The molecule has 0 aromatic heterocycles. The van der Waals surface area contributed by atoms with Crippen LogP contribution in [0.25, 0.3) is 0 Å². The fourth-order valence-corrected chi connectivity index (χ4v) is 2.33. The predicted octanol–water partition coefficient (Wildman–Crippen LogP) is 1.15. The maximum atomic E-state index is 9.99. The zero-order valence-corrected chi connectivity index (χ0v) is 10.2. The van der Waals surface area contributed by atoms with E-state index < -0.39 is 6.10 Å². The fraction of sp³-hybridized carbons (Fsp3) is 0.500. The summed E-state index contributed by atoms with van der Waals surface area (Å²) in [4.78, 5) is 0. The SMILES string of the molecule is COc1cc2c(c(OC)c1OC)C(O)CC2N. The number of aliphatic hydroxyl groups excluding tert-OH is 1. The van der Waals surface area contributed by atoms with Crippen LogP contribution in [0.2, 0.25) is 0 Å². The van der Waals surface area contributed by atoms with Crippen molar-refractivity contribution < 1.29 is 19.3 Å². The minimum absolute atomic E-state index is 0.200. The molecule has 1 aromatic rings. The summed E-state index contributed by atoms with van der Waals surface area (Å²) >= 11 is 0. The van der Waals surface area contributed by atoms with Gasteiger partial charge in [0.05, 0.1) is 27.4 Å². The van der Waals surface area contributed by atoms with Gasteiger partial charge in [-0.25, -0.2) is 0 Å². The van der Waals surface area contributed by atoms with E-state index in [4.69, 9.17) is 19.9 Å². The normalized spacial score (nSPS) is 22.2. The summed E-state index contributed by atoms with van der Waals surface area (Å²) in [5, 5.41) is 9.99. The molecule has 0 heterocycles. The van der Waals surface area contributed by atoms with E-state index in [1.54, 1.807) is 13.2 Å². The van der Waals surface area contributed by atoms with Crippen molar-refractivity contribution in [2.45, 2.75) is 18.6 Å². The lowest BCUT2D eigenvalue weighted by Gasteiger charge is -2.17. The fourth-order valence-electron chi connectivity index (χ4n) is 2.33. The molecule has 2 unspecified atom stereocenters. The first-order valence-corrected chi connectivity index (χ1v) is 5.40. The number of nitrogens with two attached hydrogens (primary N) is 1. The molecular weight excluding hydrogens is 222 g/mol. The highest BCUT2D eigenvalue weighted by molar-refractivity contribution is 5.62. The van der Waals surface area contributed by atoms with Gasteiger partial charge in [-0.1, -0.05) is 0 Å². The highest BCUT2D eigenvalue weighted by atomic mass is 16.5. The number of methoxy groups -OCH3 is 3. The van der Waals surface area contributed by atoms with Gasteiger partial charge in [0, 0.05) is 11.6 Å². The zero-order valence-electron chi connectivity index (χ0n) is 10.2. The number of benzene rings is 1. The molecule has 5 heteroatoms. The van der Waals surface area contributed by atoms with Crippen LogP contribution in [-0.2, 0) is 0 Å². The van der Waals surface area contributed by atoms with E-state index in [1.165, 1.54) is 14.2 Å². The maximum absolute atomic E-state index is 9.99. The summed E-state index contributed by atoms with van der Waals surface area (Å²) in [5.41, 5.74) is 7.52. The summed E-state index contributed by atoms with van der Waals surface area (Å²) in [6.07, 6.45) is -0.128. The smallest absolute Gasteiger partial charge is 0.203 e. The van der Waals surface area contributed by atoms with E-state index in [0.717, 1.165) is 5.56 Å². The molecule has 0 spiro atoms. The minimum atomic E-state index is -0.616. The number of ether oxygens (including phenoxy) is 3. The molecule has 0 aliphatic heterocycles. The van der Waals surface area contributed by atoms with Gasteiger partial charge < -0.3 is 25.1 Å². The molecule has 0 radical (unpaired) electrons. The van der Waals surface area contributed by atoms with E-state index in [1.807, 2.05) is 0 Å². The minimum Gasteiger partial charge on any atom is -0.493 e. The molecule has 94 valence electrons. The second-order valence-corrected chi connectivity index (χ2v) is 4.01. The second-order valence-electron chi connectivity index (χ2n) is 4.01. The topological polar surface area (TPSA) is 73.9 Å². The predicted molar refractivity (Wildman–Crippen MR) is 62.6 cm³/mol. The Morgan fingerprint density at radius 1 is 1.18 bits per heavy atom. The average molecular weight is 239 g/mol. The van der Waals surface area contributed by atoms with Gasteiger partial charge in [0.25, 0.3) is 0 Å². The van der Waals surface area contributed by atoms with E-state index >= 15 is 0 Å². The third-order valence-electron chi connectivity index (χ3n) is 3.11. The summed E-state index contributed by atoms with van der Waals surface area (Å²) in [6.45, 7) is 0. The van der Waals surface area contributed by atoms with Gasteiger partial charge >= 0.3 is 0 Å². The average Bonchev–Trinajstić information content (AvgIpc) is 2.62. The Balaban J connectivity index is 2.69. The lowest BCUT2D eigenvalue weighted by atomic mass is 10.1. The summed E-state index contributed by atoms with van der Waals surface area (Å²) in [6, 6.07) is 1.60. The van der Waals surface area contributed by atoms with Crippen LogP contribution < -0.4 is 19.9 Å². The van der Waals surface area contributed by atoms with Gasteiger partial charge in [0.1, 0.15) is 0 Å². The summed E-state index contributed by atoms with van der Waals surface area (Å²) in [7, 11) is 4.63. The monoisotopic (exact) mass is 239 g/mol. The van der Waals surface area contributed by atoms with Gasteiger partial charge in [-0.05, 0) is 18.1 Å². The van der Waals surface area contributed by atoms with Gasteiger partial charge in [-0.2, -0.15) is 0 Å². The van der Waals surface area contributed by atoms with Crippen molar-refractivity contribution in [3.8, 4) is 17.2 Å². The van der Waals surface area contributed by atoms with Crippen LogP contribution in [0.4, 0.5) is 0 Å². The Hall–Kier alpha value is -1.46. The van der Waals surface area contributed by atoms with Crippen LogP contribution in [0, 0.1) is 0 Å². The maximum Gasteiger partial charge on any atom is 0.203 e. The zero-order chi connectivity index (χ0) is 12.6. The molecule has 17 heavy (non-hydrogen) atoms. The number of hydrogen-bond donors (Lipinski definition) is 2. The third kappa shape index (κ3) is 1.71. The Labute approximate surface area is 100 Å². The summed E-state index contributed by atoms with van der Waals surface area (Å²) < 4.78 is 15.8. The molecule has 1 aliphatic rings. The number of rotatable bonds is 3. The Morgan fingerprint density at radius 3 is 2.35 bits per heavy atom. The molecule has 3 N–H and O–H groups in total. The van der Waals surface area contributed by atoms with Gasteiger partial charge in [0.2, 0.25) is 5.75 Å². The Bertz CT molecular complexity index is 433. The number of aliphatic hydroxyl groups is 1. The molecule has 0 amide bonds. The van der Waals surface area contributed by atoms with Gasteiger partial charge in [-0.15, -0.1) is 0 Å². The first-order valence-electron chi connectivity index (χ1n) is 5.40. The van der Waals surface area contributed by atoms with Gasteiger partial charge in [-0.3, -0.25) is 0 Å². The first kappa shape index (κ1) is 12.0. The van der Waals surface area contributed by atoms with Crippen molar-refractivity contribution in [3.63, 3.8) is 0 Å². The van der Waals surface area contributed by atoms with Gasteiger partial charge in [0.15, 0.2) is 11.5 Å². The standard InChI is InChI=1S/C12H17NO4/c1-15-9-4-6-7(13)5-8(14)10(6)12(17-3)11(9)16-2/h4,7-8,14H,5,13H2,1-3H3. The van der Waals surface area contributed by atoms with Crippen molar-refractivity contribution in [3.05, 3.63) is 17.2 Å². The van der Waals surface area contributed by atoms with E-state index in [-0.39, 0.29) is 6.04 Å². The lowest BCUT2D eigenvalue weighted by Crippen LogP contribution is -2.06. The van der Waals surface area contributed by atoms with Crippen molar-refractivity contribution in [2.24, 2.45) is 5.73 Å². The molecule has 2 rings (SSSR count). The van der Waals surface area contributed by atoms with E-state index in [0.29, 0.717) is 29.2 Å². The molecule has 0 fully saturated rings. The van der Waals surface area contributed by atoms with Crippen LogP contribution in [0.3, 0.4) is 0 Å². The van der Waals surface area contributed by atoms with Crippen LogP contribution in [0.1, 0.15) is 29.7 Å². The van der Waals surface area contributed by atoms with Crippen molar-refractivity contribution in [2.75, 3.05) is 21.3 Å². The largest absolute Gasteiger partial charge is 0.493 e. The molecule has 0 saturated heterocycles. The number of hydrogen-bond acceptors (Lipinski definition) is 5. The van der Waals surface area contributed by atoms with Crippen LogP contribution >= 0.6 is 0 Å². The number of fused-ring (bicyclic) bond motifs is 1. The molecule has 2 atom stereocenters. The van der Waals surface area contributed by atoms with Crippen LogP contribution in [0.15, 0.2) is 6.07 Å². The molecule has 5 nitrogen and oxygen atoms in total. The van der Waals surface area contributed by atoms with Crippen molar-refractivity contribution in [1.29, 1.82) is 0 Å². The summed E-state index contributed by atoms with van der Waals surface area (Å²) in [5.74, 6) is 1.55.